The number of esters is 1. The van der Waals surface area contributed by atoms with Crippen LogP contribution in [0.2, 0.25) is 0 Å². The molecule has 0 spiro atoms. The van der Waals surface area contributed by atoms with Crippen LogP contribution in [0, 0.1) is 5.92 Å². The number of aromatic nitrogens is 1. The third kappa shape index (κ3) is 2.73. The maximum Gasteiger partial charge on any atom is 0.417 e. The van der Waals surface area contributed by atoms with Crippen molar-refractivity contribution >= 4 is 17.6 Å². The molecule has 1 saturated heterocycles. The van der Waals surface area contributed by atoms with Gasteiger partial charge in [-0.25, -0.2) is 0 Å². The van der Waals surface area contributed by atoms with Gasteiger partial charge >= 0.3 is 12.1 Å². The molecule has 1 aromatic heterocycles. The fourth-order valence-electron chi connectivity index (χ4n) is 2.01. The molecule has 5 nitrogen and oxygen atoms in total. The number of pyridine rings is 1. The van der Waals surface area contributed by atoms with Crippen molar-refractivity contribution in [1.29, 1.82) is 0 Å². The molecule has 0 radical (unpaired) electrons. The Kier molecular flexibility index (Phi) is 3.65. The maximum atomic E-state index is 12.6. The fourth-order valence-corrected chi connectivity index (χ4v) is 2.01. The minimum Gasteiger partial charge on any atom is -0.469 e. The van der Waals surface area contributed by atoms with Crippen LogP contribution in [0.3, 0.4) is 0 Å². The number of amides is 1. The first-order valence-corrected chi connectivity index (χ1v) is 5.73. The van der Waals surface area contributed by atoms with Crippen LogP contribution in [0.15, 0.2) is 18.5 Å². The Labute approximate surface area is 112 Å². The van der Waals surface area contributed by atoms with Crippen LogP contribution in [0.25, 0.3) is 0 Å². The molecular formula is C12H11F3N2O3. The summed E-state index contributed by atoms with van der Waals surface area (Å²) in [5.41, 5.74) is -0.916. The van der Waals surface area contributed by atoms with Crippen molar-refractivity contribution in [2.24, 2.45) is 5.92 Å². The number of rotatable bonds is 2. The van der Waals surface area contributed by atoms with Crippen LogP contribution in [0.5, 0.6) is 0 Å². The number of methoxy groups -OCH3 is 1. The minimum absolute atomic E-state index is 0.00546. The second-order valence-corrected chi connectivity index (χ2v) is 4.36. The zero-order valence-electron chi connectivity index (χ0n) is 10.5. The number of hydrogen-bond donors (Lipinski definition) is 0. The fraction of sp³-hybridized carbons (Fsp3) is 0.417. The first-order chi connectivity index (χ1) is 9.32. The van der Waals surface area contributed by atoms with E-state index in [9.17, 15) is 22.8 Å². The van der Waals surface area contributed by atoms with E-state index in [-0.39, 0.29) is 18.7 Å². The number of nitrogens with zero attached hydrogens (tertiary/aromatic N) is 2. The van der Waals surface area contributed by atoms with Crippen molar-refractivity contribution < 1.29 is 27.5 Å². The van der Waals surface area contributed by atoms with E-state index in [0.717, 1.165) is 17.2 Å². The summed E-state index contributed by atoms with van der Waals surface area (Å²) in [5, 5.41) is 0. The molecule has 108 valence electrons. The molecule has 1 atom stereocenters. The first-order valence-electron chi connectivity index (χ1n) is 5.73. The molecule has 20 heavy (non-hydrogen) atoms. The van der Waals surface area contributed by atoms with Crippen LogP contribution in [0.1, 0.15) is 12.0 Å². The SMILES string of the molecule is COC(=O)C1CC(=O)N(c2cncc(C(F)(F)F)c2)C1. The van der Waals surface area contributed by atoms with Crippen LogP contribution in [0.4, 0.5) is 18.9 Å². The third-order valence-corrected chi connectivity index (χ3v) is 3.02. The Morgan fingerprint density at radius 1 is 1.45 bits per heavy atom. The molecule has 2 heterocycles. The molecule has 1 aromatic rings. The van der Waals surface area contributed by atoms with Crippen LogP contribution in [-0.2, 0) is 20.5 Å². The van der Waals surface area contributed by atoms with E-state index in [1.54, 1.807) is 0 Å². The number of anilines is 1. The summed E-state index contributed by atoms with van der Waals surface area (Å²) in [5.74, 6) is -1.65. The molecule has 0 saturated carbocycles. The average molecular weight is 288 g/mol. The number of halogens is 3. The van der Waals surface area contributed by atoms with E-state index < -0.39 is 29.5 Å². The second-order valence-electron chi connectivity index (χ2n) is 4.36. The van der Waals surface area contributed by atoms with Crippen molar-refractivity contribution in [2.75, 3.05) is 18.6 Å². The zero-order valence-corrected chi connectivity index (χ0v) is 10.5. The zero-order chi connectivity index (χ0) is 14.9. The number of alkyl halides is 3. The van der Waals surface area contributed by atoms with E-state index in [1.165, 1.54) is 7.11 Å². The summed E-state index contributed by atoms with van der Waals surface area (Å²) in [6.45, 7) is -0.00546. The standard InChI is InChI=1S/C12H11F3N2O3/c1-20-11(19)7-2-10(18)17(6-7)9-3-8(4-16-5-9)12(13,14)15/h3-5,7H,2,6H2,1H3. The topological polar surface area (TPSA) is 59.5 Å². The Morgan fingerprint density at radius 3 is 2.75 bits per heavy atom. The molecule has 0 aromatic carbocycles. The molecule has 2 rings (SSSR count). The van der Waals surface area contributed by atoms with E-state index in [2.05, 4.69) is 9.72 Å². The highest BCUT2D eigenvalue weighted by Crippen LogP contribution is 2.32. The van der Waals surface area contributed by atoms with Crippen LogP contribution >= 0.6 is 0 Å². The summed E-state index contributed by atoms with van der Waals surface area (Å²) < 4.78 is 42.3. The highest BCUT2D eigenvalue weighted by molar-refractivity contribution is 5.99. The predicted octanol–water partition coefficient (Wildman–Crippen LogP) is 1.63. The van der Waals surface area contributed by atoms with Crippen LogP contribution in [-0.4, -0.2) is 30.5 Å². The maximum absolute atomic E-state index is 12.6. The second kappa shape index (κ2) is 5.10. The predicted molar refractivity (Wildman–Crippen MR) is 61.7 cm³/mol. The summed E-state index contributed by atoms with van der Waals surface area (Å²) in [4.78, 5) is 27.7. The number of carbonyl (C=O) groups excluding carboxylic acids is 2. The van der Waals surface area contributed by atoms with Gasteiger partial charge in [-0.15, -0.1) is 0 Å². The molecule has 1 fully saturated rings. The monoisotopic (exact) mass is 288 g/mol. The molecule has 1 aliphatic rings. The molecular weight excluding hydrogens is 277 g/mol. The first kappa shape index (κ1) is 14.3. The van der Waals surface area contributed by atoms with Gasteiger partial charge in [0.2, 0.25) is 5.91 Å². The molecule has 1 aliphatic heterocycles. The van der Waals surface area contributed by atoms with Crippen molar-refractivity contribution in [3.05, 3.63) is 24.0 Å². The number of ether oxygens (including phenoxy) is 1. The Morgan fingerprint density at radius 2 is 2.15 bits per heavy atom. The highest BCUT2D eigenvalue weighted by Gasteiger charge is 2.37. The lowest BCUT2D eigenvalue weighted by Gasteiger charge is -2.17. The van der Waals surface area contributed by atoms with Crippen LogP contribution < -0.4 is 4.90 Å². The van der Waals surface area contributed by atoms with Crippen molar-refractivity contribution in [3.8, 4) is 0 Å². The summed E-state index contributed by atoms with van der Waals surface area (Å²) in [7, 11) is 1.20. The minimum atomic E-state index is -4.53. The molecule has 1 amide bonds. The average Bonchev–Trinajstić information content (AvgIpc) is 2.79. The van der Waals surface area contributed by atoms with Gasteiger partial charge in [-0.05, 0) is 6.07 Å². The highest BCUT2D eigenvalue weighted by atomic mass is 19.4. The van der Waals surface area contributed by atoms with Gasteiger partial charge in [0.1, 0.15) is 0 Å². The van der Waals surface area contributed by atoms with Crippen molar-refractivity contribution in [1.82, 2.24) is 4.98 Å². The van der Waals surface area contributed by atoms with E-state index >= 15 is 0 Å². The quantitative estimate of drug-likeness (QED) is 0.776. The largest absolute Gasteiger partial charge is 0.469 e. The summed E-state index contributed by atoms with van der Waals surface area (Å²) >= 11 is 0. The molecule has 0 aliphatic carbocycles. The van der Waals surface area contributed by atoms with Gasteiger partial charge in [0.25, 0.3) is 0 Å². The lowest BCUT2D eigenvalue weighted by Crippen LogP contribution is -2.26. The van der Waals surface area contributed by atoms with Gasteiger partial charge in [-0.2, -0.15) is 13.2 Å². The van der Waals surface area contributed by atoms with Gasteiger partial charge in [0.05, 0.1) is 30.5 Å². The van der Waals surface area contributed by atoms with E-state index in [4.69, 9.17) is 0 Å². The summed E-state index contributed by atoms with van der Waals surface area (Å²) in [6.07, 6.45) is -2.77. The van der Waals surface area contributed by atoms with Gasteiger partial charge < -0.3 is 9.64 Å². The van der Waals surface area contributed by atoms with Crippen molar-refractivity contribution in [2.45, 2.75) is 12.6 Å². The third-order valence-electron chi connectivity index (χ3n) is 3.02. The van der Waals surface area contributed by atoms with E-state index in [0.29, 0.717) is 6.20 Å². The number of hydrogen-bond acceptors (Lipinski definition) is 4. The normalized spacial score (nSPS) is 19.3. The Balaban J connectivity index is 2.24. The van der Waals surface area contributed by atoms with E-state index in [1.807, 2.05) is 0 Å². The Bertz CT molecular complexity index is 545. The lowest BCUT2D eigenvalue weighted by atomic mass is 10.1. The van der Waals surface area contributed by atoms with Gasteiger partial charge in [-0.1, -0.05) is 0 Å². The lowest BCUT2D eigenvalue weighted by molar-refractivity contribution is -0.145. The molecule has 8 heteroatoms. The van der Waals surface area contributed by atoms with Gasteiger partial charge in [0, 0.05) is 19.2 Å². The molecule has 0 N–H and O–H groups in total. The van der Waals surface area contributed by atoms with Gasteiger partial charge in [-0.3, -0.25) is 14.6 Å². The number of carbonyl (C=O) groups is 2. The van der Waals surface area contributed by atoms with Gasteiger partial charge in [0.15, 0.2) is 0 Å². The van der Waals surface area contributed by atoms with Crippen molar-refractivity contribution in [3.63, 3.8) is 0 Å². The smallest absolute Gasteiger partial charge is 0.417 e. The molecule has 0 bridgehead atoms. The molecule has 1 unspecified atom stereocenters. The Hall–Kier alpha value is -2.12. The summed E-state index contributed by atoms with van der Waals surface area (Å²) in [6, 6.07) is 0.838.